The topological polar surface area (TPSA) is 72.3 Å². The molecular weight excluding hydrogens is 402 g/mol. The van der Waals surface area contributed by atoms with Crippen LogP contribution in [0.4, 0.5) is 0 Å². The first kappa shape index (κ1) is 22.2. The van der Waals surface area contributed by atoms with E-state index in [9.17, 15) is 4.79 Å². The second-order valence-electron chi connectivity index (χ2n) is 8.44. The molecular formula is C25H31N5O2. The first-order chi connectivity index (χ1) is 15.6. The summed E-state index contributed by atoms with van der Waals surface area (Å²) >= 11 is 0. The van der Waals surface area contributed by atoms with E-state index in [1.165, 1.54) is 0 Å². The summed E-state index contributed by atoms with van der Waals surface area (Å²) in [7, 11) is 0. The van der Waals surface area contributed by atoms with Crippen molar-refractivity contribution >= 4 is 5.91 Å². The van der Waals surface area contributed by atoms with E-state index in [0.29, 0.717) is 24.3 Å². The lowest BCUT2D eigenvalue weighted by atomic mass is 10.1. The van der Waals surface area contributed by atoms with Gasteiger partial charge in [-0.1, -0.05) is 30.3 Å². The predicted octanol–water partition coefficient (Wildman–Crippen LogP) is 3.22. The summed E-state index contributed by atoms with van der Waals surface area (Å²) in [5.74, 6) is -0.105. The summed E-state index contributed by atoms with van der Waals surface area (Å²) < 4.78 is 7.62. The van der Waals surface area contributed by atoms with Crippen molar-refractivity contribution in [2.24, 2.45) is 0 Å². The molecule has 3 aromatic rings. The third-order valence-corrected chi connectivity index (χ3v) is 5.56. The van der Waals surface area contributed by atoms with Crippen LogP contribution in [0.5, 0.6) is 0 Å². The van der Waals surface area contributed by atoms with Gasteiger partial charge in [0.15, 0.2) is 0 Å². The van der Waals surface area contributed by atoms with E-state index in [-0.39, 0.29) is 18.1 Å². The molecule has 2 aromatic heterocycles. The number of hydrogen-bond donors (Lipinski definition) is 1. The average molecular weight is 434 g/mol. The molecule has 1 amide bonds. The highest BCUT2D eigenvalue weighted by Crippen LogP contribution is 2.22. The SMILES string of the molecule is C[C@@H]1CN(CCCNC(=O)c2cn(Cc3ccccc3)nc2-c2cccnc2)C[C@@H](C)O1. The van der Waals surface area contributed by atoms with E-state index in [1.807, 2.05) is 41.2 Å². The quantitative estimate of drug-likeness (QED) is 0.552. The van der Waals surface area contributed by atoms with Crippen molar-refractivity contribution in [3.63, 3.8) is 0 Å². The summed E-state index contributed by atoms with van der Waals surface area (Å²) in [6, 6.07) is 13.9. The highest BCUT2D eigenvalue weighted by molar-refractivity contribution is 5.99. The number of nitrogens with zero attached hydrogens (tertiary/aromatic N) is 4. The largest absolute Gasteiger partial charge is 0.373 e. The monoisotopic (exact) mass is 433 g/mol. The number of morpholine rings is 1. The van der Waals surface area contributed by atoms with Crippen molar-refractivity contribution < 1.29 is 9.53 Å². The third kappa shape index (κ3) is 5.81. The standard InChI is InChI=1S/C25H31N5O2/c1-19-15-29(16-20(2)32-19)13-7-12-27-25(31)23-18-30(17-21-8-4-3-5-9-21)28-24(23)22-10-6-11-26-14-22/h3-6,8-11,14,18-20H,7,12-13,15-17H2,1-2H3,(H,27,31)/t19-,20-/m1/s1. The molecule has 0 radical (unpaired) electrons. The number of ether oxygens (including phenoxy) is 1. The molecule has 7 nitrogen and oxygen atoms in total. The van der Waals surface area contributed by atoms with Crippen LogP contribution in [0, 0.1) is 0 Å². The molecule has 32 heavy (non-hydrogen) atoms. The fourth-order valence-corrected chi connectivity index (χ4v) is 4.22. The molecule has 0 aliphatic carbocycles. The van der Waals surface area contributed by atoms with Gasteiger partial charge in [0.2, 0.25) is 0 Å². The maximum absolute atomic E-state index is 13.0. The molecule has 3 heterocycles. The molecule has 4 rings (SSSR count). The van der Waals surface area contributed by atoms with Crippen molar-refractivity contribution in [3.8, 4) is 11.3 Å². The fourth-order valence-electron chi connectivity index (χ4n) is 4.22. The number of nitrogens with one attached hydrogen (secondary N) is 1. The van der Waals surface area contributed by atoms with Gasteiger partial charge >= 0.3 is 0 Å². The zero-order chi connectivity index (χ0) is 22.3. The van der Waals surface area contributed by atoms with E-state index in [1.54, 1.807) is 12.4 Å². The van der Waals surface area contributed by atoms with Crippen LogP contribution in [0.15, 0.2) is 61.1 Å². The van der Waals surface area contributed by atoms with Crippen LogP contribution in [-0.2, 0) is 11.3 Å². The van der Waals surface area contributed by atoms with Gasteiger partial charge in [-0.25, -0.2) is 0 Å². The Kier molecular flexibility index (Phi) is 7.29. The highest BCUT2D eigenvalue weighted by Gasteiger charge is 2.22. The van der Waals surface area contributed by atoms with Crippen LogP contribution in [0.3, 0.4) is 0 Å². The minimum absolute atomic E-state index is 0.105. The summed E-state index contributed by atoms with van der Waals surface area (Å²) in [6.07, 6.45) is 6.70. The number of hydrogen-bond acceptors (Lipinski definition) is 5. The van der Waals surface area contributed by atoms with E-state index in [2.05, 4.69) is 41.2 Å². The van der Waals surface area contributed by atoms with E-state index < -0.39 is 0 Å². The van der Waals surface area contributed by atoms with Gasteiger partial charge in [-0.05, 0) is 38.0 Å². The van der Waals surface area contributed by atoms with Crippen molar-refractivity contribution in [3.05, 3.63) is 72.2 Å². The lowest BCUT2D eigenvalue weighted by Crippen LogP contribution is -2.46. The normalized spacial score (nSPS) is 19.1. The Morgan fingerprint density at radius 3 is 2.62 bits per heavy atom. The van der Waals surface area contributed by atoms with Gasteiger partial charge in [-0.3, -0.25) is 19.4 Å². The smallest absolute Gasteiger partial charge is 0.255 e. The number of amides is 1. The molecule has 7 heteroatoms. The Morgan fingerprint density at radius 1 is 1.12 bits per heavy atom. The molecule has 2 atom stereocenters. The number of carbonyl (C=O) groups is 1. The maximum Gasteiger partial charge on any atom is 0.255 e. The Hall–Kier alpha value is -3.03. The van der Waals surface area contributed by atoms with Gasteiger partial charge in [0.1, 0.15) is 5.69 Å². The summed E-state index contributed by atoms with van der Waals surface area (Å²) in [5, 5.41) is 7.79. The lowest BCUT2D eigenvalue weighted by Gasteiger charge is -2.35. The molecule has 1 aliphatic rings. The van der Waals surface area contributed by atoms with Crippen molar-refractivity contribution in [2.45, 2.75) is 39.0 Å². The number of carbonyl (C=O) groups excluding carboxylic acids is 1. The van der Waals surface area contributed by atoms with E-state index >= 15 is 0 Å². The summed E-state index contributed by atoms with van der Waals surface area (Å²) in [4.78, 5) is 19.6. The number of aromatic nitrogens is 3. The first-order valence-corrected chi connectivity index (χ1v) is 11.3. The minimum Gasteiger partial charge on any atom is -0.373 e. The predicted molar refractivity (Wildman–Crippen MR) is 124 cm³/mol. The van der Waals surface area contributed by atoms with Gasteiger partial charge in [-0.2, -0.15) is 5.10 Å². The molecule has 168 valence electrons. The van der Waals surface area contributed by atoms with Crippen LogP contribution in [-0.4, -0.2) is 64.0 Å². The number of benzene rings is 1. The van der Waals surface area contributed by atoms with E-state index in [0.717, 1.165) is 37.2 Å². The van der Waals surface area contributed by atoms with Crippen LogP contribution in [0.2, 0.25) is 0 Å². The van der Waals surface area contributed by atoms with Crippen LogP contribution in [0.25, 0.3) is 11.3 Å². The van der Waals surface area contributed by atoms with Gasteiger partial charge < -0.3 is 10.1 Å². The lowest BCUT2D eigenvalue weighted by molar-refractivity contribution is -0.0679. The van der Waals surface area contributed by atoms with Crippen LogP contribution < -0.4 is 5.32 Å². The third-order valence-electron chi connectivity index (χ3n) is 5.56. The fraction of sp³-hybridized carbons (Fsp3) is 0.400. The molecule has 0 unspecified atom stereocenters. The minimum atomic E-state index is -0.105. The molecule has 1 aromatic carbocycles. The second kappa shape index (κ2) is 10.5. The molecule has 1 aliphatic heterocycles. The summed E-state index contributed by atoms with van der Waals surface area (Å²) in [5.41, 5.74) is 3.19. The van der Waals surface area contributed by atoms with Gasteiger partial charge in [0, 0.05) is 50.3 Å². The average Bonchev–Trinajstić information content (AvgIpc) is 3.21. The van der Waals surface area contributed by atoms with Crippen molar-refractivity contribution in [1.82, 2.24) is 25.0 Å². The Balaban J connectivity index is 1.41. The van der Waals surface area contributed by atoms with Crippen molar-refractivity contribution in [2.75, 3.05) is 26.2 Å². The maximum atomic E-state index is 13.0. The highest BCUT2D eigenvalue weighted by atomic mass is 16.5. The Labute approximate surface area is 189 Å². The Bertz CT molecular complexity index is 996. The zero-order valence-corrected chi connectivity index (χ0v) is 18.8. The zero-order valence-electron chi connectivity index (χ0n) is 18.8. The van der Waals surface area contributed by atoms with Crippen LogP contribution >= 0.6 is 0 Å². The molecule has 0 saturated carbocycles. The molecule has 0 spiro atoms. The molecule has 1 fully saturated rings. The van der Waals surface area contributed by atoms with Gasteiger partial charge in [0.25, 0.3) is 5.91 Å². The van der Waals surface area contributed by atoms with Crippen molar-refractivity contribution in [1.29, 1.82) is 0 Å². The second-order valence-corrected chi connectivity index (χ2v) is 8.44. The number of rotatable bonds is 8. The van der Waals surface area contributed by atoms with Crippen LogP contribution in [0.1, 0.15) is 36.2 Å². The summed E-state index contributed by atoms with van der Waals surface area (Å²) in [6.45, 7) is 8.27. The molecule has 1 N–H and O–H groups in total. The number of pyridine rings is 1. The van der Waals surface area contributed by atoms with E-state index in [4.69, 9.17) is 9.84 Å². The van der Waals surface area contributed by atoms with Gasteiger partial charge in [-0.15, -0.1) is 0 Å². The molecule has 0 bridgehead atoms. The van der Waals surface area contributed by atoms with Gasteiger partial charge in [0.05, 0.1) is 24.3 Å². The first-order valence-electron chi connectivity index (χ1n) is 11.3. The Morgan fingerprint density at radius 2 is 1.91 bits per heavy atom. The molecule has 1 saturated heterocycles.